The SMILES string of the molecule is CC1CCN(C(N)=NCc2ccnc(Oc3ccc(F)cc3)c2)CC1.I. The van der Waals surface area contributed by atoms with Crippen molar-refractivity contribution < 1.29 is 9.13 Å². The molecule has 1 aliphatic heterocycles. The summed E-state index contributed by atoms with van der Waals surface area (Å²) >= 11 is 0. The van der Waals surface area contributed by atoms with E-state index in [2.05, 4.69) is 21.8 Å². The van der Waals surface area contributed by atoms with Crippen molar-refractivity contribution in [3.63, 3.8) is 0 Å². The van der Waals surface area contributed by atoms with Gasteiger partial charge in [0.2, 0.25) is 5.88 Å². The number of hydrogen-bond donors (Lipinski definition) is 1. The maximum absolute atomic E-state index is 12.9. The van der Waals surface area contributed by atoms with E-state index < -0.39 is 0 Å². The van der Waals surface area contributed by atoms with Crippen molar-refractivity contribution >= 4 is 29.9 Å². The van der Waals surface area contributed by atoms with Crippen LogP contribution in [0.1, 0.15) is 25.3 Å². The van der Waals surface area contributed by atoms with E-state index in [0.29, 0.717) is 24.1 Å². The van der Waals surface area contributed by atoms with Crippen LogP contribution < -0.4 is 10.5 Å². The molecule has 1 aromatic heterocycles. The third-order valence-corrected chi connectivity index (χ3v) is 4.37. The van der Waals surface area contributed by atoms with Crippen LogP contribution >= 0.6 is 24.0 Å². The Morgan fingerprint density at radius 3 is 2.65 bits per heavy atom. The molecule has 1 saturated heterocycles. The van der Waals surface area contributed by atoms with Crippen molar-refractivity contribution in [2.75, 3.05) is 13.1 Å². The Labute approximate surface area is 170 Å². The van der Waals surface area contributed by atoms with Gasteiger partial charge in [0.15, 0.2) is 5.96 Å². The fourth-order valence-electron chi connectivity index (χ4n) is 2.74. The van der Waals surface area contributed by atoms with Crippen LogP contribution in [-0.4, -0.2) is 28.9 Å². The minimum absolute atomic E-state index is 0. The third kappa shape index (κ3) is 5.82. The molecule has 3 rings (SSSR count). The van der Waals surface area contributed by atoms with Crippen LogP contribution in [0, 0.1) is 11.7 Å². The molecule has 140 valence electrons. The summed E-state index contributed by atoms with van der Waals surface area (Å²) in [5.74, 6) is 2.03. The van der Waals surface area contributed by atoms with Gasteiger partial charge < -0.3 is 15.4 Å². The van der Waals surface area contributed by atoms with Gasteiger partial charge in [0.05, 0.1) is 6.54 Å². The predicted octanol–water partition coefficient (Wildman–Crippen LogP) is 4.18. The van der Waals surface area contributed by atoms with Gasteiger partial charge >= 0.3 is 0 Å². The topological polar surface area (TPSA) is 63.7 Å². The Balaban J connectivity index is 0.00000243. The largest absolute Gasteiger partial charge is 0.439 e. The zero-order valence-electron chi connectivity index (χ0n) is 14.8. The third-order valence-electron chi connectivity index (χ3n) is 4.37. The summed E-state index contributed by atoms with van der Waals surface area (Å²) in [6, 6.07) is 9.53. The fourth-order valence-corrected chi connectivity index (χ4v) is 2.74. The lowest BCUT2D eigenvalue weighted by atomic mass is 10.00. The van der Waals surface area contributed by atoms with Crippen LogP contribution in [0.4, 0.5) is 4.39 Å². The van der Waals surface area contributed by atoms with Gasteiger partial charge in [0.25, 0.3) is 0 Å². The number of nitrogens with zero attached hydrogens (tertiary/aromatic N) is 3. The first-order valence-electron chi connectivity index (χ1n) is 8.53. The number of piperidine rings is 1. The fraction of sp³-hybridized carbons (Fsp3) is 0.368. The molecule has 2 N–H and O–H groups in total. The second kappa shape index (κ2) is 9.70. The molecule has 0 saturated carbocycles. The summed E-state index contributed by atoms with van der Waals surface area (Å²) in [6.07, 6.45) is 3.98. The first-order valence-corrected chi connectivity index (χ1v) is 8.53. The first kappa shape index (κ1) is 20.4. The van der Waals surface area contributed by atoms with E-state index in [1.165, 1.54) is 12.1 Å². The van der Waals surface area contributed by atoms with E-state index >= 15 is 0 Å². The summed E-state index contributed by atoms with van der Waals surface area (Å²) < 4.78 is 18.6. The Hall–Kier alpha value is -1.90. The summed E-state index contributed by atoms with van der Waals surface area (Å²) in [5, 5.41) is 0. The lowest BCUT2D eigenvalue weighted by molar-refractivity contribution is 0.277. The summed E-state index contributed by atoms with van der Waals surface area (Å²) in [4.78, 5) is 10.8. The molecule has 5 nitrogen and oxygen atoms in total. The molecule has 0 amide bonds. The van der Waals surface area contributed by atoms with Gasteiger partial charge in [-0.2, -0.15) is 0 Å². The summed E-state index contributed by atoms with van der Waals surface area (Å²) in [7, 11) is 0. The highest BCUT2D eigenvalue weighted by Crippen LogP contribution is 2.21. The number of ether oxygens (including phenoxy) is 1. The van der Waals surface area contributed by atoms with Crippen molar-refractivity contribution in [2.24, 2.45) is 16.6 Å². The molecule has 0 unspecified atom stereocenters. The number of nitrogens with two attached hydrogens (primary N) is 1. The Kier molecular flexibility index (Phi) is 7.62. The van der Waals surface area contributed by atoms with Crippen molar-refractivity contribution in [3.05, 3.63) is 54.0 Å². The average Bonchev–Trinajstić information content (AvgIpc) is 2.63. The molecule has 26 heavy (non-hydrogen) atoms. The van der Waals surface area contributed by atoms with Crippen LogP contribution in [-0.2, 0) is 6.54 Å². The highest BCUT2D eigenvalue weighted by Gasteiger charge is 2.16. The molecule has 0 bridgehead atoms. The quantitative estimate of drug-likeness (QED) is 0.414. The summed E-state index contributed by atoms with van der Waals surface area (Å²) in [6.45, 7) is 4.67. The minimum atomic E-state index is -0.300. The van der Waals surface area contributed by atoms with Crippen molar-refractivity contribution in [3.8, 4) is 11.6 Å². The predicted molar refractivity (Wildman–Crippen MR) is 111 cm³/mol. The smallest absolute Gasteiger partial charge is 0.219 e. The highest BCUT2D eigenvalue weighted by atomic mass is 127. The van der Waals surface area contributed by atoms with Crippen molar-refractivity contribution in [1.29, 1.82) is 0 Å². The van der Waals surface area contributed by atoms with Gasteiger partial charge in [-0.15, -0.1) is 24.0 Å². The monoisotopic (exact) mass is 470 g/mol. The number of benzene rings is 1. The van der Waals surface area contributed by atoms with Gasteiger partial charge in [-0.3, -0.25) is 0 Å². The highest BCUT2D eigenvalue weighted by molar-refractivity contribution is 14.0. The zero-order chi connectivity index (χ0) is 17.6. The zero-order valence-corrected chi connectivity index (χ0v) is 17.1. The maximum Gasteiger partial charge on any atom is 0.219 e. The van der Waals surface area contributed by atoms with Crippen LogP contribution in [0.15, 0.2) is 47.6 Å². The molecular weight excluding hydrogens is 446 g/mol. The number of guanidine groups is 1. The van der Waals surface area contributed by atoms with Gasteiger partial charge in [-0.1, -0.05) is 6.92 Å². The second-order valence-electron chi connectivity index (χ2n) is 6.40. The number of hydrogen-bond acceptors (Lipinski definition) is 3. The van der Waals surface area contributed by atoms with Crippen molar-refractivity contribution in [1.82, 2.24) is 9.88 Å². The van der Waals surface area contributed by atoms with Gasteiger partial charge in [-0.25, -0.2) is 14.4 Å². The molecule has 2 aromatic rings. The van der Waals surface area contributed by atoms with Crippen LogP contribution in [0.2, 0.25) is 0 Å². The number of aromatic nitrogens is 1. The number of aliphatic imine (C=N–C) groups is 1. The average molecular weight is 470 g/mol. The van der Waals surface area contributed by atoms with E-state index in [1.54, 1.807) is 18.3 Å². The van der Waals surface area contributed by atoms with Crippen LogP contribution in [0.25, 0.3) is 0 Å². The number of halogens is 2. The minimum Gasteiger partial charge on any atom is -0.439 e. The lowest BCUT2D eigenvalue weighted by Crippen LogP contribution is -2.42. The standard InChI is InChI=1S/C19H23FN4O.HI/c1-14-7-10-24(11-8-14)19(21)23-13-15-6-9-22-18(12-15)25-17-4-2-16(20)3-5-17;/h2-6,9,12,14H,7-8,10-11,13H2,1H3,(H2,21,23);1H. The van der Waals surface area contributed by atoms with Gasteiger partial charge in [-0.05, 0) is 54.7 Å². The Morgan fingerprint density at radius 1 is 1.27 bits per heavy atom. The molecule has 7 heteroatoms. The second-order valence-corrected chi connectivity index (χ2v) is 6.40. The van der Waals surface area contributed by atoms with E-state index in [-0.39, 0.29) is 29.8 Å². The maximum atomic E-state index is 12.9. The number of pyridine rings is 1. The van der Waals surface area contributed by atoms with Crippen molar-refractivity contribution in [2.45, 2.75) is 26.3 Å². The molecule has 0 spiro atoms. The number of likely N-dealkylation sites (tertiary alicyclic amines) is 1. The van der Waals surface area contributed by atoms with Crippen LogP contribution in [0.3, 0.4) is 0 Å². The first-order chi connectivity index (χ1) is 12.1. The molecule has 1 aliphatic rings. The Morgan fingerprint density at radius 2 is 1.96 bits per heavy atom. The van der Waals surface area contributed by atoms with Gasteiger partial charge in [0, 0.05) is 25.4 Å². The van der Waals surface area contributed by atoms with E-state index in [4.69, 9.17) is 10.5 Å². The number of rotatable bonds is 4. The van der Waals surface area contributed by atoms with E-state index in [1.807, 2.05) is 12.1 Å². The molecule has 0 atom stereocenters. The Bertz CT molecular complexity index is 731. The molecule has 1 aromatic carbocycles. The van der Waals surface area contributed by atoms with E-state index in [0.717, 1.165) is 37.4 Å². The summed E-state index contributed by atoms with van der Waals surface area (Å²) in [5.41, 5.74) is 7.07. The molecule has 2 heterocycles. The molecular formula is C19H24FIN4O. The molecule has 0 aliphatic carbocycles. The van der Waals surface area contributed by atoms with Gasteiger partial charge in [0.1, 0.15) is 11.6 Å². The van der Waals surface area contributed by atoms with E-state index in [9.17, 15) is 4.39 Å². The molecule has 1 fully saturated rings. The normalized spacial score (nSPS) is 15.5. The molecule has 0 radical (unpaired) electrons. The van der Waals surface area contributed by atoms with Crippen LogP contribution in [0.5, 0.6) is 11.6 Å². The lowest BCUT2D eigenvalue weighted by Gasteiger charge is -2.31.